The molecule has 0 aliphatic heterocycles. The Labute approximate surface area is 134 Å². The number of hydrogen-bond donors (Lipinski definition) is 4. The highest BCUT2D eigenvalue weighted by Crippen LogP contribution is 2.05. The Morgan fingerprint density at radius 3 is 2.39 bits per heavy atom. The molecule has 0 fully saturated rings. The quantitative estimate of drug-likeness (QED) is 0.308. The third-order valence-electron chi connectivity index (χ3n) is 3.27. The van der Waals surface area contributed by atoms with E-state index in [1.165, 1.54) is 10.4 Å². The van der Waals surface area contributed by atoms with E-state index in [2.05, 4.69) is 5.32 Å². The van der Waals surface area contributed by atoms with Crippen LogP contribution in [-0.2, 0) is 9.59 Å². The predicted molar refractivity (Wildman–Crippen MR) is 84.6 cm³/mol. The molecular weight excluding hydrogens is 300 g/mol. The van der Waals surface area contributed by atoms with Gasteiger partial charge in [-0.1, -0.05) is 0 Å². The Morgan fingerprint density at radius 2 is 1.83 bits per heavy atom. The molecule has 8 heteroatoms. The number of hydroxylamine groups is 1. The van der Waals surface area contributed by atoms with Gasteiger partial charge in [0.2, 0.25) is 11.8 Å². The van der Waals surface area contributed by atoms with Gasteiger partial charge in [-0.15, -0.1) is 0 Å². The molecule has 0 aromatic heterocycles. The zero-order chi connectivity index (χ0) is 17.2. The van der Waals surface area contributed by atoms with Crippen molar-refractivity contribution in [3.8, 4) is 0 Å². The van der Waals surface area contributed by atoms with Crippen LogP contribution in [0.5, 0.6) is 0 Å². The number of nitrogens with one attached hydrogen (secondary N) is 2. The van der Waals surface area contributed by atoms with Crippen LogP contribution in [0.2, 0.25) is 0 Å². The average molecular weight is 322 g/mol. The Bertz CT molecular complexity index is 545. The number of amides is 3. The minimum atomic E-state index is -0.606. The van der Waals surface area contributed by atoms with Gasteiger partial charge in [0.05, 0.1) is 0 Å². The van der Waals surface area contributed by atoms with Gasteiger partial charge < -0.3 is 16.0 Å². The summed E-state index contributed by atoms with van der Waals surface area (Å²) in [6.07, 6.45) is -0.0736. The summed E-state index contributed by atoms with van der Waals surface area (Å²) in [5.74, 6) is -1.06. The van der Waals surface area contributed by atoms with Gasteiger partial charge in [0.25, 0.3) is 5.91 Å². The third-order valence-corrected chi connectivity index (χ3v) is 3.27. The van der Waals surface area contributed by atoms with E-state index < -0.39 is 5.91 Å². The Balaban J connectivity index is 2.39. The van der Waals surface area contributed by atoms with Crippen molar-refractivity contribution < 1.29 is 19.6 Å². The zero-order valence-corrected chi connectivity index (χ0v) is 13.0. The minimum Gasteiger partial charge on any atom is -0.399 e. The number of nitrogen functional groups attached to an aromatic ring is 1. The summed E-state index contributed by atoms with van der Waals surface area (Å²) < 4.78 is 0. The van der Waals surface area contributed by atoms with Crippen molar-refractivity contribution in [2.75, 3.05) is 25.4 Å². The SMILES string of the molecule is CCN(CCNC(=O)c1ccc(N)cc1)C(=O)CCC(=O)NO. The first-order valence-electron chi connectivity index (χ1n) is 7.32. The fraction of sp³-hybridized carbons (Fsp3) is 0.400. The molecule has 1 aromatic carbocycles. The lowest BCUT2D eigenvalue weighted by atomic mass is 10.2. The van der Waals surface area contributed by atoms with Gasteiger partial charge in [-0.3, -0.25) is 19.6 Å². The summed E-state index contributed by atoms with van der Waals surface area (Å²) in [5, 5.41) is 11.1. The molecule has 0 aliphatic carbocycles. The molecule has 0 unspecified atom stereocenters. The van der Waals surface area contributed by atoms with E-state index in [1.807, 2.05) is 6.92 Å². The first-order valence-corrected chi connectivity index (χ1v) is 7.32. The van der Waals surface area contributed by atoms with Gasteiger partial charge >= 0.3 is 0 Å². The summed E-state index contributed by atoms with van der Waals surface area (Å²) in [6, 6.07) is 6.54. The van der Waals surface area contributed by atoms with E-state index in [0.717, 1.165) is 0 Å². The molecule has 8 nitrogen and oxygen atoms in total. The lowest BCUT2D eigenvalue weighted by molar-refractivity contribution is -0.135. The first kappa shape index (κ1) is 18.4. The number of rotatable bonds is 8. The number of nitrogens with two attached hydrogens (primary N) is 1. The second kappa shape index (κ2) is 9.42. The molecule has 126 valence electrons. The molecule has 5 N–H and O–H groups in total. The van der Waals surface area contributed by atoms with Gasteiger partial charge in [-0.2, -0.15) is 0 Å². The van der Waals surface area contributed by atoms with Crippen molar-refractivity contribution in [2.24, 2.45) is 0 Å². The van der Waals surface area contributed by atoms with Crippen LogP contribution in [-0.4, -0.2) is 47.5 Å². The highest BCUT2D eigenvalue weighted by atomic mass is 16.5. The van der Waals surface area contributed by atoms with Crippen LogP contribution in [0.3, 0.4) is 0 Å². The smallest absolute Gasteiger partial charge is 0.251 e. The highest BCUT2D eigenvalue weighted by molar-refractivity contribution is 5.94. The Hall–Kier alpha value is -2.61. The van der Waals surface area contributed by atoms with Crippen LogP contribution in [0.1, 0.15) is 30.1 Å². The topological polar surface area (TPSA) is 125 Å². The van der Waals surface area contributed by atoms with Crippen LogP contribution in [0.15, 0.2) is 24.3 Å². The Kier molecular flexibility index (Phi) is 7.55. The fourth-order valence-corrected chi connectivity index (χ4v) is 1.93. The van der Waals surface area contributed by atoms with E-state index in [4.69, 9.17) is 10.9 Å². The predicted octanol–water partition coefficient (Wildman–Crippen LogP) is 0.133. The minimum absolute atomic E-state index is 0.00609. The highest BCUT2D eigenvalue weighted by Gasteiger charge is 2.13. The van der Waals surface area contributed by atoms with Crippen LogP contribution < -0.4 is 16.5 Å². The van der Waals surface area contributed by atoms with Gasteiger partial charge in [-0.25, -0.2) is 5.48 Å². The van der Waals surface area contributed by atoms with Gasteiger partial charge in [0.15, 0.2) is 0 Å². The van der Waals surface area contributed by atoms with Crippen molar-refractivity contribution in [1.29, 1.82) is 0 Å². The number of carbonyl (C=O) groups is 3. The number of benzene rings is 1. The summed E-state index contributed by atoms with van der Waals surface area (Å²) in [5.41, 5.74) is 8.11. The van der Waals surface area contributed by atoms with Crippen LogP contribution in [0, 0.1) is 0 Å². The maximum absolute atomic E-state index is 11.9. The van der Waals surface area contributed by atoms with Crippen molar-refractivity contribution in [3.05, 3.63) is 29.8 Å². The van der Waals surface area contributed by atoms with E-state index in [-0.39, 0.29) is 24.7 Å². The normalized spacial score (nSPS) is 10.0. The first-order chi connectivity index (χ1) is 11.0. The molecule has 0 spiro atoms. The molecule has 0 radical (unpaired) electrons. The van der Waals surface area contributed by atoms with Crippen molar-refractivity contribution in [1.82, 2.24) is 15.7 Å². The molecule has 1 aromatic rings. The standard InChI is InChI=1S/C15H22N4O4/c1-2-19(14(21)8-7-13(20)18-23)10-9-17-15(22)11-3-5-12(16)6-4-11/h3-6,23H,2,7-10,16H2,1H3,(H,17,22)(H,18,20). The largest absolute Gasteiger partial charge is 0.399 e. The van der Waals surface area contributed by atoms with Crippen LogP contribution in [0.4, 0.5) is 5.69 Å². The summed E-state index contributed by atoms with van der Waals surface area (Å²) in [6.45, 7) is 2.93. The molecule has 0 heterocycles. The maximum Gasteiger partial charge on any atom is 0.251 e. The molecule has 0 saturated heterocycles. The fourth-order valence-electron chi connectivity index (χ4n) is 1.93. The molecule has 0 bridgehead atoms. The average Bonchev–Trinajstić information content (AvgIpc) is 2.56. The van der Waals surface area contributed by atoms with Crippen LogP contribution in [0.25, 0.3) is 0 Å². The van der Waals surface area contributed by atoms with E-state index in [9.17, 15) is 14.4 Å². The van der Waals surface area contributed by atoms with Crippen molar-refractivity contribution >= 4 is 23.4 Å². The lowest BCUT2D eigenvalue weighted by Crippen LogP contribution is -2.38. The molecule has 23 heavy (non-hydrogen) atoms. The summed E-state index contributed by atoms with van der Waals surface area (Å²) >= 11 is 0. The van der Waals surface area contributed by atoms with Gasteiger partial charge in [0.1, 0.15) is 0 Å². The second-order valence-corrected chi connectivity index (χ2v) is 4.89. The third kappa shape index (κ3) is 6.35. The second-order valence-electron chi connectivity index (χ2n) is 4.89. The van der Waals surface area contributed by atoms with E-state index in [0.29, 0.717) is 30.9 Å². The van der Waals surface area contributed by atoms with Gasteiger partial charge in [0, 0.05) is 43.7 Å². The number of nitrogens with zero attached hydrogens (tertiary/aromatic N) is 1. The monoisotopic (exact) mass is 322 g/mol. The molecule has 0 aliphatic rings. The molecule has 0 saturated carbocycles. The van der Waals surface area contributed by atoms with E-state index in [1.54, 1.807) is 24.3 Å². The van der Waals surface area contributed by atoms with Crippen LogP contribution >= 0.6 is 0 Å². The maximum atomic E-state index is 11.9. The van der Waals surface area contributed by atoms with Crippen molar-refractivity contribution in [3.63, 3.8) is 0 Å². The Morgan fingerprint density at radius 1 is 1.17 bits per heavy atom. The molecule has 0 atom stereocenters. The number of likely N-dealkylation sites (N-methyl/N-ethyl adjacent to an activating group) is 1. The number of anilines is 1. The summed E-state index contributed by atoms with van der Waals surface area (Å²) in [4.78, 5) is 36.3. The summed E-state index contributed by atoms with van der Waals surface area (Å²) in [7, 11) is 0. The zero-order valence-electron chi connectivity index (χ0n) is 13.0. The number of carbonyl (C=O) groups excluding carboxylic acids is 3. The van der Waals surface area contributed by atoms with E-state index >= 15 is 0 Å². The van der Waals surface area contributed by atoms with Gasteiger partial charge in [-0.05, 0) is 31.2 Å². The molecular formula is C15H22N4O4. The van der Waals surface area contributed by atoms with Crippen molar-refractivity contribution in [2.45, 2.75) is 19.8 Å². The molecule has 1 rings (SSSR count). The number of hydrogen-bond acceptors (Lipinski definition) is 5. The lowest BCUT2D eigenvalue weighted by Gasteiger charge is -2.21. The molecule has 3 amide bonds.